The lowest BCUT2D eigenvalue weighted by atomic mass is 9.87. The smallest absolute Gasteiger partial charge is 0.0239 e. The Hall–Kier alpha value is -0.380. The largest absolute Gasteiger partial charge is 0.316 e. The second-order valence-electron chi connectivity index (χ2n) is 6.56. The van der Waals surface area contributed by atoms with Gasteiger partial charge in [0.1, 0.15) is 0 Å². The Kier molecular flexibility index (Phi) is 3.71. The molecule has 104 valence electrons. The summed E-state index contributed by atoms with van der Waals surface area (Å²) >= 11 is 3.61. The minimum atomic E-state index is 0.473. The minimum Gasteiger partial charge on any atom is -0.316 e. The van der Waals surface area contributed by atoms with Crippen LogP contribution in [0.25, 0.3) is 0 Å². The molecule has 19 heavy (non-hydrogen) atoms. The van der Waals surface area contributed by atoms with Gasteiger partial charge in [-0.25, -0.2) is 0 Å². The second-order valence-corrected chi connectivity index (χ2v) is 7.47. The Morgan fingerprint density at radius 1 is 1.42 bits per heavy atom. The fourth-order valence-electron chi connectivity index (χ4n) is 3.55. The number of hydrogen-bond donors (Lipinski definition) is 1. The molecule has 1 unspecified atom stereocenters. The van der Waals surface area contributed by atoms with Crippen LogP contribution in [0.3, 0.4) is 0 Å². The zero-order valence-electron chi connectivity index (χ0n) is 11.9. The van der Waals surface area contributed by atoms with Crippen molar-refractivity contribution in [2.45, 2.75) is 33.2 Å². The van der Waals surface area contributed by atoms with Crippen molar-refractivity contribution in [3.8, 4) is 0 Å². The standard InChI is InChI=1S/C16H23BrN2/c1-12-7-14(17)8-13-3-6-19(9-15(12)13)11-16(2)4-5-18-10-16/h7-8,18H,3-6,9-11H2,1-2H3. The molecule has 0 bridgehead atoms. The molecular weight excluding hydrogens is 300 g/mol. The Morgan fingerprint density at radius 2 is 2.26 bits per heavy atom. The highest BCUT2D eigenvalue weighted by Crippen LogP contribution is 2.30. The van der Waals surface area contributed by atoms with E-state index in [4.69, 9.17) is 0 Å². The highest BCUT2D eigenvalue weighted by molar-refractivity contribution is 9.10. The molecule has 0 radical (unpaired) electrons. The second kappa shape index (κ2) is 5.19. The third kappa shape index (κ3) is 2.88. The number of aryl methyl sites for hydroxylation is 1. The van der Waals surface area contributed by atoms with Crippen LogP contribution in [0.2, 0.25) is 0 Å². The topological polar surface area (TPSA) is 15.3 Å². The molecule has 3 rings (SSSR count). The summed E-state index contributed by atoms with van der Waals surface area (Å²) < 4.78 is 1.23. The number of fused-ring (bicyclic) bond motifs is 1. The third-order valence-electron chi connectivity index (χ3n) is 4.67. The molecule has 3 heteroatoms. The van der Waals surface area contributed by atoms with Crippen molar-refractivity contribution in [3.05, 3.63) is 33.3 Å². The lowest BCUT2D eigenvalue weighted by Crippen LogP contribution is -2.40. The Bertz CT molecular complexity index is 478. The van der Waals surface area contributed by atoms with Crippen molar-refractivity contribution < 1.29 is 0 Å². The van der Waals surface area contributed by atoms with Crippen molar-refractivity contribution in [3.63, 3.8) is 0 Å². The molecule has 2 aliphatic heterocycles. The summed E-state index contributed by atoms with van der Waals surface area (Å²) in [6.45, 7) is 10.6. The average molecular weight is 323 g/mol. The highest BCUT2D eigenvalue weighted by atomic mass is 79.9. The predicted molar refractivity (Wildman–Crippen MR) is 83.5 cm³/mol. The molecule has 1 aromatic rings. The lowest BCUT2D eigenvalue weighted by Gasteiger charge is -2.36. The lowest BCUT2D eigenvalue weighted by molar-refractivity contribution is 0.164. The predicted octanol–water partition coefficient (Wildman–Crippen LogP) is 3.12. The molecule has 0 aromatic heterocycles. The molecular formula is C16H23BrN2. The van der Waals surface area contributed by atoms with Gasteiger partial charge in [-0.2, -0.15) is 0 Å². The third-order valence-corrected chi connectivity index (χ3v) is 5.13. The summed E-state index contributed by atoms with van der Waals surface area (Å²) in [5.74, 6) is 0. The molecule has 2 nitrogen and oxygen atoms in total. The molecule has 1 atom stereocenters. The van der Waals surface area contributed by atoms with Crippen LogP contribution in [0.1, 0.15) is 30.0 Å². The SMILES string of the molecule is Cc1cc(Br)cc2c1CN(CC1(C)CCNC1)CC2. The number of hydrogen-bond acceptors (Lipinski definition) is 2. The highest BCUT2D eigenvalue weighted by Gasteiger charge is 2.31. The van der Waals surface area contributed by atoms with Crippen LogP contribution in [0.4, 0.5) is 0 Å². The summed E-state index contributed by atoms with van der Waals surface area (Å²) in [5.41, 5.74) is 5.01. The quantitative estimate of drug-likeness (QED) is 0.900. The van der Waals surface area contributed by atoms with Gasteiger partial charge in [0.05, 0.1) is 0 Å². The van der Waals surface area contributed by atoms with Crippen molar-refractivity contribution in [2.75, 3.05) is 26.2 Å². The van der Waals surface area contributed by atoms with Crippen LogP contribution < -0.4 is 5.32 Å². The molecule has 1 fully saturated rings. The van der Waals surface area contributed by atoms with E-state index < -0.39 is 0 Å². The first kappa shape index (κ1) is 13.6. The van der Waals surface area contributed by atoms with E-state index in [1.807, 2.05) is 0 Å². The van der Waals surface area contributed by atoms with E-state index in [1.54, 1.807) is 5.56 Å². The van der Waals surface area contributed by atoms with Crippen LogP contribution >= 0.6 is 15.9 Å². The molecule has 0 saturated carbocycles. The Labute approximate surface area is 124 Å². The number of nitrogens with one attached hydrogen (secondary N) is 1. The molecule has 1 aromatic carbocycles. The summed E-state index contributed by atoms with van der Waals surface area (Å²) in [4.78, 5) is 2.65. The van der Waals surface area contributed by atoms with E-state index in [-0.39, 0.29) is 0 Å². The van der Waals surface area contributed by atoms with Crippen molar-refractivity contribution in [1.29, 1.82) is 0 Å². The zero-order valence-corrected chi connectivity index (χ0v) is 13.5. The van der Waals surface area contributed by atoms with Crippen LogP contribution in [0.15, 0.2) is 16.6 Å². The maximum atomic E-state index is 3.61. The summed E-state index contributed by atoms with van der Waals surface area (Å²) in [5, 5.41) is 3.51. The van der Waals surface area contributed by atoms with Crippen LogP contribution in [0.5, 0.6) is 0 Å². The van der Waals surface area contributed by atoms with E-state index >= 15 is 0 Å². The van der Waals surface area contributed by atoms with E-state index in [9.17, 15) is 0 Å². The van der Waals surface area contributed by atoms with Gasteiger partial charge >= 0.3 is 0 Å². The maximum absolute atomic E-state index is 3.61. The molecule has 2 aliphatic rings. The molecule has 1 N–H and O–H groups in total. The van der Waals surface area contributed by atoms with Crippen molar-refractivity contribution in [2.24, 2.45) is 5.41 Å². The van der Waals surface area contributed by atoms with Gasteiger partial charge in [-0.15, -0.1) is 0 Å². The first-order valence-corrected chi connectivity index (χ1v) is 8.06. The van der Waals surface area contributed by atoms with Crippen LogP contribution in [0, 0.1) is 12.3 Å². The van der Waals surface area contributed by atoms with Gasteiger partial charge in [0.15, 0.2) is 0 Å². The number of rotatable bonds is 2. The van der Waals surface area contributed by atoms with E-state index in [0.29, 0.717) is 5.41 Å². The molecule has 2 heterocycles. The normalized spacial score (nSPS) is 27.5. The van der Waals surface area contributed by atoms with E-state index in [1.165, 1.54) is 54.6 Å². The fraction of sp³-hybridized carbons (Fsp3) is 0.625. The maximum Gasteiger partial charge on any atom is 0.0239 e. The van der Waals surface area contributed by atoms with Crippen molar-refractivity contribution >= 4 is 15.9 Å². The fourth-order valence-corrected chi connectivity index (χ4v) is 4.17. The Morgan fingerprint density at radius 3 is 3.00 bits per heavy atom. The molecule has 1 saturated heterocycles. The Balaban J connectivity index is 1.75. The van der Waals surface area contributed by atoms with Gasteiger partial charge in [-0.1, -0.05) is 22.9 Å². The van der Waals surface area contributed by atoms with E-state index in [0.717, 1.165) is 6.54 Å². The van der Waals surface area contributed by atoms with Crippen molar-refractivity contribution in [1.82, 2.24) is 10.2 Å². The van der Waals surface area contributed by atoms with Gasteiger partial charge in [0, 0.05) is 30.7 Å². The van der Waals surface area contributed by atoms with Crippen LogP contribution in [-0.4, -0.2) is 31.1 Å². The molecule has 0 spiro atoms. The summed E-state index contributed by atoms with van der Waals surface area (Å²) in [6.07, 6.45) is 2.51. The monoisotopic (exact) mass is 322 g/mol. The van der Waals surface area contributed by atoms with Gasteiger partial charge in [0.2, 0.25) is 0 Å². The molecule has 0 aliphatic carbocycles. The van der Waals surface area contributed by atoms with E-state index in [2.05, 4.69) is 52.1 Å². The summed E-state index contributed by atoms with van der Waals surface area (Å²) in [6, 6.07) is 4.56. The average Bonchev–Trinajstić information content (AvgIpc) is 2.76. The first-order valence-electron chi connectivity index (χ1n) is 7.27. The van der Waals surface area contributed by atoms with Crippen LogP contribution in [-0.2, 0) is 13.0 Å². The van der Waals surface area contributed by atoms with Gasteiger partial charge in [0.25, 0.3) is 0 Å². The van der Waals surface area contributed by atoms with Gasteiger partial charge < -0.3 is 5.32 Å². The number of halogens is 1. The zero-order chi connectivity index (χ0) is 13.5. The number of nitrogens with zero attached hydrogens (tertiary/aromatic N) is 1. The molecule has 0 amide bonds. The number of benzene rings is 1. The minimum absolute atomic E-state index is 0.473. The summed E-state index contributed by atoms with van der Waals surface area (Å²) in [7, 11) is 0. The first-order chi connectivity index (χ1) is 9.06. The van der Waals surface area contributed by atoms with Gasteiger partial charge in [-0.05, 0) is 60.5 Å². The van der Waals surface area contributed by atoms with Gasteiger partial charge in [-0.3, -0.25) is 4.90 Å².